The third-order valence-electron chi connectivity index (χ3n) is 3.18. The number of rotatable bonds is 4. The fourth-order valence-corrected chi connectivity index (χ4v) is 3.90. The van der Waals surface area contributed by atoms with E-state index in [1.807, 2.05) is 24.2 Å². The van der Waals surface area contributed by atoms with E-state index in [1.54, 1.807) is 0 Å². The molecule has 0 spiro atoms. The Morgan fingerprint density at radius 1 is 1.47 bits per heavy atom. The molecule has 3 unspecified atom stereocenters. The molecule has 2 heterocycles. The molecule has 0 N–H and O–H groups in total. The van der Waals surface area contributed by atoms with Gasteiger partial charge in [-0.15, -0.1) is 9.24 Å². The first-order chi connectivity index (χ1) is 8.16. The molecule has 1 saturated heterocycles. The predicted octanol–water partition coefficient (Wildman–Crippen LogP) is 2.69. The van der Waals surface area contributed by atoms with Gasteiger partial charge in [0.15, 0.2) is 0 Å². The highest BCUT2D eigenvalue weighted by Gasteiger charge is 2.21. The van der Waals surface area contributed by atoms with Gasteiger partial charge in [0.05, 0.1) is 12.2 Å². The minimum absolute atomic E-state index is 0.459. The van der Waals surface area contributed by atoms with Crippen molar-refractivity contribution in [1.82, 2.24) is 4.98 Å². The lowest BCUT2D eigenvalue weighted by molar-refractivity contribution is 0.0700. The second kappa shape index (κ2) is 6.17. The van der Waals surface area contributed by atoms with Crippen LogP contribution in [-0.4, -0.2) is 22.9 Å². The first-order valence-electron chi connectivity index (χ1n) is 6.09. The molecule has 0 amide bonds. The molecule has 2 nitrogen and oxygen atoms in total. The summed E-state index contributed by atoms with van der Waals surface area (Å²) in [5.74, 6) is 2.16. The fourth-order valence-electron chi connectivity index (χ4n) is 2.11. The van der Waals surface area contributed by atoms with Crippen LogP contribution in [0.15, 0.2) is 12.4 Å². The van der Waals surface area contributed by atoms with Crippen molar-refractivity contribution in [3.05, 3.63) is 23.5 Å². The summed E-state index contributed by atoms with van der Waals surface area (Å²) >= 11 is 1.97. The Morgan fingerprint density at radius 3 is 2.94 bits per heavy atom. The zero-order valence-electron chi connectivity index (χ0n) is 10.5. The van der Waals surface area contributed by atoms with Crippen LogP contribution in [-0.2, 0) is 10.5 Å². The first-order valence-corrected chi connectivity index (χ1v) is 7.82. The minimum Gasteiger partial charge on any atom is -0.374 e. The van der Waals surface area contributed by atoms with Crippen LogP contribution in [0.4, 0.5) is 0 Å². The fraction of sp³-hybridized carbons (Fsp3) is 0.615. The van der Waals surface area contributed by atoms with Crippen LogP contribution in [0.2, 0.25) is 0 Å². The second-order valence-electron chi connectivity index (χ2n) is 4.69. The molecule has 0 saturated carbocycles. The summed E-state index contributed by atoms with van der Waals surface area (Å²) in [6.45, 7) is 4.29. The quantitative estimate of drug-likeness (QED) is 0.785. The van der Waals surface area contributed by atoms with E-state index in [9.17, 15) is 0 Å². The Hall–Kier alpha value is -0.110. The van der Waals surface area contributed by atoms with E-state index < -0.39 is 0 Å². The molecule has 4 heteroatoms. The second-order valence-corrected chi connectivity index (χ2v) is 6.34. The van der Waals surface area contributed by atoms with Gasteiger partial charge in [-0.1, -0.05) is 0 Å². The van der Waals surface area contributed by atoms with Gasteiger partial charge in [0.2, 0.25) is 0 Å². The van der Waals surface area contributed by atoms with Crippen molar-refractivity contribution in [2.24, 2.45) is 0 Å². The number of pyridine rings is 1. The summed E-state index contributed by atoms with van der Waals surface area (Å²) in [6, 6.07) is 0. The van der Waals surface area contributed by atoms with Crippen molar-refractivity contribution in [2.45, 2.75) is 44.6 Å². The molecule has 0 aliphatic carbocycles. The summed E-state index contributed by atoms with van der Waals surface area (Å²) in [6.07, 6.45) is 7.22. The molecule has 3 atom stereocenters. The summed E-state index contributed by atoms with van der Waals surface area (Å²) < 4.78 is 5.82. The molecule has 1 aliphatic rings. The maximum Gasteiger partial charge on any atom is 0.0670 e. The van der Waals surface area contributed by atoms with Gasteiger partial charge in [0.25, 0.3) is 0 Å². The van der Waals surface area contributed by atoms with Gasteiger partial charge in [-0.25, -0.2) is 0 Å². The standard InChI is InChI=1S/C13H20NOPS/c1-9-5-14-6-13(16)12(9)8-17-7-11-4-3-10(2)15-11/h5-6,10-11H,3-4,7-8,16H2,1-2H3. The summed E-state index contributed by atoms with van der Waals surface area (Å²) in [5.41, 5.74) is 2.69. The van der Waals surface area contributed by atoms with Crippen LogP contribution in [0.25, 0.3) is 0 Å². The van der Waals surface area contributed by atoms with Gasteiger partial charge in [-0.3, -0.25) is 4.98 Å². The lowest BCUT2D eigenvalue weighted by atomic mass is 10.2. The molecule has 1 aromatic heterocycles. The van der Waals surface area contributed by atoms with Crippen molar-refractivity contribution in [1.29, 1.82) is 0 Å². The van der Waals surface area contributed by atoms with Gasteiger partial charge in [-0.05, 0) is 43.1 Å². The van der Waals surface area contributed by atoms with Gasteiger partial charge in [-0.2, -0.15) is 11.8 Å². The molecule has 17 heavy (non-hydrogen) atoms. The summed E-state index contributed by atoms with van der Waals surface area (Å²) in [5, 5.41) is 1.22. The van der Waals surface area contributed by atoms with E-state index in [0.717, 1.165) is 11.5 Å². The maximum absolute atomic E-state index is 5.82. The monoisotopic (exact) mass is 269 g/mol. The zero-order valence-corrected chi connectivity index (χ0v) is 12.5. The molecular formula is C13H20NOPS. The third kappa shape index (κ3) is 3.67. The van der Waals surface area contributed by atoms with Gasteiger partial charge < -0.3 is 4.74 Å². The van der Waals surface area contributed by atoms with Crippen LogP contribution in [0.3, 0.4) is 0 Å². The van der Waals surface area contributed by atoms with Crippen LogP contribution in [0.5, 0.6) is 0 Å². The summed E-state index contributed by atoms with van der Waals surface area (Å²) in [4.78, 5) is 4.19. The Labute approximate surface area is 110 Å². The van der Waals surface area contributed by atoms with Crippen LogP contribution < -0.4 is 5.30 Å². The highest BCUT2D eigenvalue weighted by Crippen LogP contribution is 2.24. The van der Waals surface area contributed by atoms with E-state index in [2.05, 4.69) is 28.1 Å². The molecule has 1 fully saturated rings. The number of thioether (sulfide) groups is 1. The molecule has 94 valence electrons. The van der Waals surface area contributed by atoms with Crippen LogP contribution in [0.1, 0.15) is 30.9 Å². The Kier molecular flexibility index (Phi) is 4.84. The van der Waals surface area contributed by atoms with Crippen molar-refractivity contribution in [3.8, 4) is 0 Å². The number of ether oxygens (including phenoxy) is 1. The number of hydrogen-bond donors (Lipinski definition) is 0. The molecule has 1 aliphatic heterocycles. The van der Waals surface area contributed by atoms with Crippen molar-refractivity contribution >= 4 is 26.3 Å². The Bertz CT molecular complexity index is 365. The predicted molar refractivity (Wildman–Crippen MR) is 78.0 cm³/mol. The number of hydrogen-bond acceptors (Lipinski definition) is 3. The van der Waals surface area contributed by atoms with E-state index in [1.165, 1.54) is 29.3 Å². The Morgan fingerprint density at radius 2 is 2.29 bits per heavy atom. The molecule has 1 aromatic rings. The van der Waals surface area contributed by atoms with Crippen LogP contribution >= 0.6 is 21.0 Å². The SMILES string of the molecule is Cc1cncc(P)c1CSCC1CCC(C)O1. The number of aryl methyl sites for hydroxylation is 1. The minimum atomic E-state index is 0.459. The zero-order chi connectivity index (χ0) is 12.3. The highest BCUT2D eigenvalue weighted by atomic mass is 32.2. The van der Waals surface area contributed by atoms with Crippen molar-refractivity contribution in [3.63, 3.8) is 0 Å². The van der Waals surface area contributed by atoms with Gasteiger partial charge in [0, 0.05) is 23.9 Å². The Balaban J connectivity index is 1.82. The highest BCUT2D eigenvalue weighted by molar-refractivity contribution is 7.98. The molecule has 0 aromatic carbocycles. The topological polar surface area (TPSA) is 22.1 Å². The molecule has 0 radical (unpaired) electrons. The van der Waals surface area contributed by atoms with E-state index in [-0.39, 0.29) is 0 Å². The third-order valence-corrected chi connectivity index (χ3v) is 4.77. The van der Waals surface area contributed by atoms with E-state index >= 15 is 0 Å². The number of nitrogens with zero attached hydrogens (tertiary/aromatic N) is 1. The van der Waals surface area contributed by atoms with Gasteiger partial charge in [0.1, 0.15) is 0 Å². The molecular weight excluding hydrogens is 249 g/mol. The van der Waals surface area contributed by atoms with Crippen molar-refractivity contribution < 1.29 is 4.74 Å². The van der Waals surface area contributed by atoms with Gasteiger partial charge >= 0.3 is 0 Å². The smallest absolute Gasteiger partial charge is 0.0670 e. The molecule has 0 bridgehead atoms. The average molecular weight is 269 g/mol. The average Bonchev–Trinajstić information content (AvgIpc) is 2.69. The normalized spacial score (nSPS) is 24.2. The lowest BCUT2D eigenvalue weighted by Crippen LogP contribution is -2.12. The van der Waals surface area contributed by atoms with E-state index in [4.69, 9.17) is 4.74 Å². The van der Waals surface area contributed by atoms with Crippen LogP contribution in [0, 0.1) is 6.92 Å². The molecule has 2 rings (SSSR count). The summed E-state index contributed by atoms with van der Waals surface area (Å²) in [7, 11) is 2.77. The first kappa shape index (κ1) is 13.3. The largest absolute Gasteiger partial charge is 0.374 e. The maximum atomic E-state index is 5.82. The lowest BCUT2D eigenvalue weighted by Gasteiger charge is -2.12. The van der Waals surface area contributed by atoms with E-state index in [0.29, 0.717) is 12.2 Å². The van der Waals surface area contributed by atoms with Crippen molar-refractivity contribution in [2.75, 3.05) is 5.75 Å². The number of aromatic nitrogens is 1.